The van der Waals surface area contributed by atoms with Gasteiger partial charge in [0.15, 0.2) is 6.61 Å². The van der Waals surface area contributed by atoms with Crippen LogP contribution in [0.4, 0.5) is 15.3 Å². The summed E-state index contributed by atoms with van der Waals surface area (Å²) in [6, 6.07) is 5.27. The number of benzene rings is 1. The van der Waals surface area contributed by atoms with Gasteiger partial charge in [-0.3, -0.25) is 5.32 Å². The number of carboxylic acids is 1. The Hall–Kier alpha value is -3.21. The first kappa shape index (κ1) is 20.8. The van der Waals surface area contributed by atoms with Crippen LogP contribution in [-0.4, -0.2) is 41.5 Å². The number of carbonyl (C=O) groups is 3. The molecule has 8 nitrogen and oxygen atoms in total. The normalized spacial score (nSPS) is 11.6. The topological polar surface area (TPSA) is 114 Å². The molecule has 0 aliphatic heterocycles. The average molecular weight is 362 g/mol. The number of hydrogen-bond donors (Lipinski definition) is 3. The summed E-state index contributed by atoms with van der Waals surface area (Å²) in [4.78, 5) is 34.5. The zero-order valence-corrected chi connectivity index (χ0v) is 14.9. The molecule has 0 spiro atoms. The maximum Gasteiger partial charge on any atom is 0.412 e. The van der Waals surface area contributed by atoms with Crippen LogP contribution in [0.3, 0.4) is 0 Å². The number of ether oxygens (including phenoxy) is 2. The zero-order chi connectivity index (χ0) is 19.7. The Kier molecular flexibility index (Phi) is 7.47. The summed E-state index contributed by atoms with van der Waals surface area (Å²) in [5.41, 5.74) is 0.382. The molecule has 1 rings (SSSR count). The number of anilines is 1. The molecule has 0 fully saturated rings. The third kappa shape index (κ3) is 8.06. The minimum atomic E-state index is -1.18. The number of alkyl carbamates (subject to hydrolysis) is 1. The van der Waals surface area contributed by atoms with Crippen LogP contribution in [0, 0.1) is 12.3 Å². The highest BCUT2D eigenvalue weighted by Crippen LogP contribution is 2.13. The molecule has 26 heavy (non-hydrogen) atoms. The Balaban J connectivity index is 2.66. The number of terminal acetylenes is 1. The van der Waals surface area contributed by atoms with Crippen molar-refractivity contribution < 1.29 is 29.0 Å². The van der Waals surface area contributed by atoms with E-state index in [0.29, 0.717) is 11.3 Å². The summed E-state index contributed by atoms with van der Waals surface area (Å²) in [6.07, 6.45) is 3.54. The minimum Gasteiger partial charge on any atom is -0.480 e. The van der Waals surface area contributed by atoms with Gasteiger partial charge in [0, 0.05) is 12.1 Å². The van der Waals surface area contributed by atoms with E-state index in [2.05, 4.69) is 21.3 Å². The Bertz CT molecular complexity index is 685. The van der Waals surface area contributed by atoms with Crippen LogP contribution < -0.4 is 10.6 Å². The average Bonchev–Trinajstić information content (AvgIpc) is 2.52. The van der Waals surface area contributed by atoms with E-state index in [1.807, 2.05) is 0 Å². The standard InChI is InChI=1S/C18H22N2O6/c1-5-10-25-16(23)19-13-8-6-12(7-9-13)11-14(15(21)22)20-17(24)26-18(2,3)4/h1,6-9,14H,10-11H2,2-4H3,(H,19,23)(H,20,24)(H,21,22)/t14-/m0/s1. The number of amides is 2. The van der Waals surface area contributed by atoms with Gasteiger partial charge in [0.2, 0.25) is 0 Å². The van der Waals surface area contributed by atoms with Gasteiger partial charge in [0.1, 0.15) is 11.6 Å². The molecule has 0 unspecified atom stereocenters. The van der Waals surface area contributed by atoms with Crippen LogP contribution in [0.15, 0.2) is 24.3 Å². The van der Waals surface area contributed by atoms with Crippen LogP contribution in [0.5, 0.6) is 0 Å². The monoisotopic (exact) mass is 362 g/mol. The van der Waals surface area contributed by atoms with E-state index in [4.69, 9.17) is 11.2 Å². The van der Waals surface area contributed by atoms with E-state index in [9.17, 15) is 19.5 Å². The molecule has 0 saturated heterocycles. The molecule has 1 atom stereocenters. The highest BCUT2D eigenvalue weighted by atomic mass is 16.6. The van der Waals surface area contributed by atoms with Crippen molar-refractivity contribution in [1.82, 2.24) is 5.32 Å². The molecule has 0 radical (unpaired) electrons. The van der Waals surface area contributed by atoms with Crippen molar-refractivity contribution >= 4 is 23.8 Å². The van der Waals surface area contributed by atoms with Gasteiger partial charge < -0.3 is 19.9 Å². The fraction of sp³-hybridized carbons (Fsp3) is 0.389. The maximum atomic E-state index is 11.8. The fourth-order valence-electron chi connectivity index (χ4n) is 1.87. The van der Waals surface area contributed by atoms with Crippen molar-refractivity contribution in [2.24, 2.45) is 0 Å². The van der Waals surface area contributed by atoms with Crippen molar-refractivity contribution in [2.75, 3.05) is 11.9 Å². The molecule has 0 bridgehead atoms. The molecule has 1 aromatic rings. The summed E-state index contributed by atoms with van der Waals surface area (Å²) in [5.74, 6) is 0.987. The summed E-state index contributed by atoms with van der Waals surface area (Å²) in [6.45, 7) is 4.91. The van der Waals surface area contributed by atoms with Gasteiger partial charge in [0.05, 0.1) is 0 Å². The highest BCUT2D eigenvalue weighted by molar-refractivity contribution is 5.84. The first-order valence-corrected chi connectivity index (χ1v) is 7.79. The number of rotatable bonds is 6. The van der Waals surface area contributed by atoms with Crippen LogP contribution in [-0.2, 0) is 20.7 Å². The van der Waals surface area contributed by atoms with Crippen molar-refractivity contribution in [3.05, 3.63) is 29.8 Å². The van der Waals surface area contributed by atoms with Crippen molar-refractivity contribution in [3.8, 4) is 12.3 Å². The summed E-state index contributed by atoms with van der Waals surface area (Å²) in [5, 5.41) is 14.1. The van der Waals surface area contributed by atoms with Crippen LogP contribution >= 0.6 is 0 Å². The van der Waals surface area contributed by atoms with E-state index in [1.165, 1.54) is 0 Å². The molecule has 8 heteroatoms. The maximum absolute atomic E-state index is 11.8. The van der Waals surface area contributed by atoms with Crippen molar-refractivity contribution in [2.45, 2.75) is 38.8 Å². The van der Waals surface area contributed by atoms with Gasteiger partial charge in [-0.1, -0.05) is 18.1 Å². The summed E-state index contributed by atoms with van der Waals surface area (Å²) < 4.78 is 9.74. The predicted octanol–water partition coefficient (Wildman–Crippen LogP) is 2.39. The van der Waals surface area contributed by atoms with Gasteiger partial charge in [-0.25, -0.2) is 14.4 Å². The molecule has 0 heterocycles. The molecule has 0 aromatic heterocycles. The molecule has 0 aliphatic carbocycles. The van der Waals surface area contributed by atoms with Gasteiger partial charge >= 0.3 is 18.2 Å². The molecule has 0 saturated carbocycles. The van der Waals surface area contributed by atoms with E-state index < -0.39 is 29.8 Å². The summed E-state index contributed by atoms with van der Waals surface area (Å²) >= 11 is 0. The summed E-state index contributed by atoms with van der Waals surface area (Å²) in [7, 11) is 0. The van der Waals surface area contributed by atoms with Gasteiger partial charge in [-0.2, -0.15) is 0 Å². The van der Waals surface area contributed by atoms with Crippen LogP contribution in [0.2, 0.25) is 0 Å². The number of nitrogens with one attached hydrogen (secondary N) is 2. The number of carboxylic acid groups (broad SMARTS) is 1. The third-order valence-corrected chi connectivity index (χ3v) is 2.92. The van der Waals surface area contributed by atoms with Gasteiger partial charge in [-0.05, 0) is 38.5 Å². The smallest absolute Gasteiger partial charge is 0.412 e. The Morgan fingerprint density at radius 2 is 1.81 bits per heavy atom. The molecule has 0 aliphatic rings. The van der Waals surface area contributed by atoms with E-state index in [1.54, 1.807) is 45.0 Å². The highest BCUT2D eigenvalue weighted by Gasteiger charge is 2.24. The lowest BCUT2D eigenvalue weighted by atomic mass is 10.1. The molecular formula is C18H22N2O6. The quantitative estimate of drug-likeness (QED) is 0.670. The van der Waals surface area contributed by atoms with Crippen molar-refractivity contribution in [3.63, 3.8) is 0 Å². The number of hydrogen-bond acceptors (Lipinski definition) is 5. The van der Waals surface area contributed by atoms with Crippen LogP contribution in [0.1, 0.15) is 26.3 Å². The Morgan fingerprint density at radius 3 is 2.31 bits per heavy atom. The molecular weight excluding hydrogens is 340 g/mol. The number of aliphatic carboxylic acids is 1. The third-order valence-electron chi connectivity index (χ3n) is 2.92. The lowest BCUT2D eigenvalue weighted by molar-refractivity contribution is -0.139. The predicted molar refractivity (Wildman–Crippen MR) is 94.7 cm³/mol. The van der Waals surface area contributed by atoms with E-state index >= 15 is 0 Å². The molecule has 1 aromatic carbocycles. The zero-order valence-electron chi connectivity index (χ0n) is 14.9. The van der Waals surface area contributed by atoms with Gasteiger partial charge in [0.25, 0.3) is 0 Å². The first-order valence-electron chi connectivity index (χ1n) is 7.79. The fourth-order valence-corrected chi connectivity index (χ4v) is 1.87. The second kappa shape index (κ2) is 9.32. The second-order valence-electron chi connectivity index (χ2n) is 6.34. The SMILES string of the molecule is C#CCOC(=O)Nc1ccc(C[C@H](NC(=O)OC(C)(C)C)C(=O)O)cc1. The Labute approximate surface area is 151 Å². The molecule has 2 amide bonds. The number of carbonyl (C=O) groups excluding carboxylic acids is 2. The van der Waals surface area contributed by atoms with E-state index in [0.717, 1.165) is 0 Å². The lowest BCUT2D eigenvalue weighted by Gasteiger charge is -2.22. The van der Waals surface area contributed by atoms with Gasteiger partial charge in [-0.15, -0.1) is 6.42 Å². The minimum absolute atomic E-state index is 0.0520. The van der Waals surface area contributed by atoms with Crippen molar-refractivity contribution in [1.29, 1.82) is 0 Å². The largest absolute Gasteiger partial charge is 0.480 e. The lowest BCUT2D eigenvalue weighted by Crippen LogP contribution is -2.44. The van der Waals surface area contributed by atoms with E-state index in [-0.39, 0.29) is 13.0 Å². The molecule has 140 valence electrons. The molecule has 3 N–H and O–H groups in total. The first-order chi connectivity index (χ1) is 12.1. The Morgan fingerprint density at radius 1 is 1.19 bits per heavy atom. The van der Waals surface area contributed by atoms with Crippen LogP contribution in [0.25, 0.3) is 0 Å². The second-order valence-corrected chi connectivity index (χ2v) is 6.34.